The Morgan fingerprint density at radius 2 is 1.07 bits per heavy atom. The molecular weight excluding hydrogens is 568 g/mol. The van der Waals surface area contributed by atoms with Crippen LogP contribution in [-0.4, -0.2) is 20.9 Å². The second kappa shape index (κ2) is 9.52. The molecule has 8 aromatic rings. The van der Waals surface area contributed by atoms with Crippen molar-refractivity contribution < 1.29 is 9.59 Å². The van der Waals surface area contributed by atoms with Crippen molar-refractivity contribution in [3.05, 3.63) is 150 Å². The van der Waals surface area contributed by atoms with Crippen LogP contribution in [-0.2, 0) is 0 Å². The van der Waals surface area contributed by atoms with E-state index in [4.69, 9.17) is 0 Å². The van der Waals surface area contributed by atoms with Crippen LogP contribution in [0.1, 0.15) is 31.8 Å². The number of aromatic nitrogens is 2. The SMILES string of the molecule is Cc1ccc(-n2c3ccccc3c3c4c5ccccc5n(-c5cc(N6C(=O)c7ccccc7C6=O)ccc5C#N)c4ccc32)cc1. The van der Waals surface area contributed by atoms with E-state index in [1.165, 1.54) is 10.5 Å². The summed E-state index contributed by atoms with van der Waals surface area (Å²) in [6, 6.07) is 43.8. The molecule has 2 amide bonds. The van der Waals surface area contributed by atoms with Gasteiger partial charge in [-0.05, 0) is 73.7 Å². The third-order valence-corrected chi connectivity index (χ3v) is 9.16. The van der Waals surface area contributed by atoms with Gasteiger partial charge in [0.15, 0.2) is 0 Å². The number of hydrogen-bond donors (Lipinski definition) is 0. The lowest BCUT2D eigenvalue weighted by molar-refractivity contribution is 0.0926. The Balaban J connectivity index is 1.36. The van der Waals surface area contributed by atoms with E-state index in [9.17, 15) is 14.9 Å². The highest BCUT2D eigenvalue weighted by atomic mass is 16.2. The van der Waals surface area contributed by atoms with E-state index >= 15 is 0 Å². The van der Waals surface area contributed by atoms with Crippen molar-refractivity contribution in [2.24, 2.45) is 0 Å². The van der Waals surface area contributed by atoms with Gasteiger partial charge in [0.1, 0.15) is 6.07 Å². The molecule has 0 N–H and O–H groups in total. The molecule has 0 bridgehead atoms. The third kappa shape index (κ3) is 3.45. The van der Waals surface area contributed by atoms with Gasteiger partial charge >= 0.3 is 0 Å². The zero-order valence-electron chi connectivity index (χ0n) is 24.7. The number of nitriles is 1. The summed E-state index contributed by atoms with van der Waals surface area (Å²) in [5.41, 5.74) is 8.54. The van der Waals surface area contributed by atoms with Crippen LogP contribution >= 0.6 is 0 Å². The average Bonchev–Trinajstić information content (AvgIpc) is 3.70. The zero-order valence-corrected chi connectivity index (χ0v) is 24.7. The van der Waals surface area contributed by atoms with Crippen LogP contribution in [0.2, 0.25) is 0 Å². The van der Waals surface area contributed by atoms with Gasteiger partial charge in [-0.2, -0.15) is 5.26 Å². The molecule has 2 aromatic heterocycles. The highest BCUT2D eigenvalue weighted by Crippen LogP contribution is 2.43. The minimum atomic E-state index is -0.371. The van der Waals surface area contributed by atoms with Crippen molar-refractivity contribution >= 4 is 61.1 Å². The second-order valence-electron chi connectivity index (χ2n) is 11.7. The van der Waals surface area contributed by atoms with Crippen LogP contribution in [0.25, 0.3) is 55.0 Å². The Morgan fingerprint density at radius 1 is 0.543 bits per heavy atom. The standard InChI is InChI=1S/C40H24N4O2/c1-24-14-17-26(18-15-24)42-32-12-6-4-10-30(32)37-34(42)20-21-35-38(37)31-11-5-7-13-33(31)44(35)36-22-27(19-16-25(36)23-41)43-39(45)28-8-2-3-9-29(28)40(43)46/h2-22H,1H3. The molecule has 46 heavy (non-hydrogen) atoms. The summed E-state index contributed by atoms with van der Waals surface area (Å²) < 4.78 is 4.39. The number of para-hydroxylation sites is 2. The smallest absolute Gasteiger partial charge is 0.266 e. The number of aryl methyl sites for hydroxylation is 1. The largest absolute Gasteiger partial charge is 0.309 e. The van der Waals surface area contributed by atoms with Crippen molar-refractivity contribution in [2.75, 3.05) is 4.90 Å². The van der Waals surface area contributed by atoms with Gasteiger partial charge in [-0.15, -0.1) is 0 Å². The molecule has 0 saturated carbocycles. The summed E-state index contributed by atoms with van der Waals surface area (Å²) in [5, 5.41) is 14.7. The van der Waals surface area contributed by atoms with E-state index in [0.29, 0.717) is 28.1 Å². The van der Waals surface area contributed by atoms with Gasteiger partial charge in [0.2, 0.25) is 0 Å². The van der Waals surface area contributed by atoms with Gasteiger partial charge in [0, 0.05) is 27.2 Å². The summed E-state index contributed by atoms with van der Waals surface area (Å²) in [5.74, 6) is -0.742. The van der Waals surface area contributed by atoms with E-state index in [2.05, 4.69) is 94.9 Å². The molecule has 216 valence electrons. The molecule has 3 heterocycles. The van der Waals surface area contributed by atoms with Crippen LogP contribution in [0.3, 0.4) is 0 Å². The Morgan fingerprint density at radius 3 is 1.67 bits per heavy atom. The highest BCUT2D eigenvalue weighted by Gasteiger charge is 2.36. The first kappa shape index (κ1) is 26.0. The maximum atomic E-state index is 13.4. The zero-order chi connectivity index (χ0) is 31.1. The molecular formula is C40H24N4O2. The fraction of sp³-hybridized carbons (Fsp3) is 0.0250. The van der Waals surface area contributed by atoms with Crippen molar-refractivity contribution in [3.8, 4) is 17.4 Å². The molecule has 0 atom stereocenters. The lowest BCUT2D eigenvalue weighted by Gasteiger charge is -2.17. The summed E-state index contributed by atoms with van der Waals surface area (Å²) in [6.07, 6.45) is 0. The number of rotatable bonds is 3. The van der Waals surface area contributed by atoms with Crippen LogP contribution < -0.4 is 4.90 Å². The van der Waals surface area contributed by atoms with Gasteiger partial charge < -0.3 is 9.13 Å². The van der Waals surface area contributed by atoms with Crippen LogP contribution in [0.5, 0.6) is 0 Å². The minimum Gasteiger partial charge on any atom is -0.309 e. The summed E-state index contributed by atoms with van der Waals surface area (Å²) in [4.78, 5) is 28.1. The number of carbonyl (C=O) groups is 2. The third-order valence-electron chi connectivity index (χ3n) is 9.16. The molecule has 0 aliphatic carbocycles. The second-order valence-corrected chi connectivity index (χ2v) is 11.7. The first-order valence-electron chi connectivity index (χ1n) is 15.1. The number of carbonyl (C=O) groups excluding carboxylic acids is 2. The van der Waals surface area contributed by atoms with Gasteiger partial charge in [-0.1, -0.05) is 66.2 Å². The van der Waals surface area contributed by atoms with E-state index in [0.717, 1.165) is 49.3 Å². The summed E-state index contributed by atoms with van der Waals surface area (Å²) in [7, 11) is 0. The highest BCUT2D eigenvalue weighted by molar-refractivity contribution is 6.34. The van der Waals surface area contributed by atoms with Crippen molar-refractivity contribution in [1.29, 1.82) is 5.26 Å². The Labute approximate surface area is 263 Å². The van der Waals surface area contributed by atoms with Gasteiger partial charge in [0.25, 0.3) is 11.8 Å². The number of fused-ring (bicyclic) bond motifs is 8. The molecule has 1 aliphatic heterocycles. The number of benzene rings is 6. The first-order valence-corrected chi connectivity index (χ1v) is 15.1. The molecule has 1 aliphatic rings. The van der Waals surface area contributed by atoms with E-state index in [1.807, 2.05) is 12.1 Å². The molecule has 9 rings (SSSR count). The molecule has 6 heteroatoms. The topological polar surface area (TPSA) is 71.0 Å². The molecule has 0 fully saturated rings. The number of nitrogens with zero attached hydrogens (tertiary/aromatic N) is 4. The molecule has 0 radical (unpaired) electrons. The molecule has 6 nitrogen and oxygen atoms in total. The quantitative estimate of drug-likeness (QED) is 0.192. The van der Waals surface area contributed by atoms with Gasteiger partial charge in [0.05, 0.1) is 50.1 Å². The van der Waals surface area contributed by atoms with Gasteiger partial charge in [-0.3, -0.25) is 9.59 Å². The maximum Gasteiger partial charge on any atom is 0.266 e. The summed E-state index contributed by atoms with van der Waals surface area (Å²) in [6.45, 7) is 2.09. The lowest BCUT2D eigenvalue weighted by Crippen LogP contribution is -2.29. The normalized spacial score (nSPS) is 12.9. The van der Waals surface area contributed by atoms with E-state index in [1.54, 1.807) is 42.5 Å². The fourth-order valence-corrected chi connectivity index (χ4v) is 7.11. The number of amides is 2. The van der Waals surface area contributed by atoms with Crippen LogP contribution in [0, 0.1) is 18.3 Å². The fourth-order valence-electron chi connectivity index (χ4n) is 7.11. The predicted molar refractivity (Wildman–Crippen MR) is 182 cm³/mol. The van der Waals surface area contributed by atoms with Crippen molar-refractivity contribution in [2.45, 2.75) is 6.92 Å². The first-order chi connectivity index (χ1) is 22.5. The molecule has 0 saturated heterocycles. The Kier molecular flexibility index (Phi) is 5.38. The number of imide groups is 1. The van der Waals surface area contributed by atoms with E-state index < -0.39 is 0 Å². The average molecular weight is 593 g/mol. The van der Waals surface area contributed by atoms with Crippen molar-refractivity contribution in [1.82, 2.24) is 9.13 Å². The Bertz CT molecular complexity index is 2620. The van der Waals surface area contributed by atoms with E-state index in [-0.39, 0.29) is 11.8 Å². The monoisotopic (exact) mass is 592 g/mol. The Hall–Kier alpha value is -6.45. The van der Waals surface area contributed by atoms with Crippen LogP contribution in [0.4, 0.5) is 5.69 Å². The maximum absolute atomic E-state index is 13.4. The molecule has 0 spiro atoms. The lowest BCUT2D eigenvalue weighted by atomic mass is 10.1. The molecule has 0 unspecified atom stereocenters. The predicted octanol–water partition coefficient (Wildman–Crippen LogP) is 8.86. The number of anilines is 1. The summed E-state index contributed by atoms with van der Waals surface area (Å²) >= 11 is 0. The minimum absolute atomic E-state index is 0.371. The van der Waals surface area contributed by atoms with Crippen molar-refractivity contribution in [3.63, 3.8) is 0 Å². The van der Waals surface area contributed by atoms with Crippen LogP contribution in [0.15, 0.2) is 127 Å². The number of hydrogen-bond acceptors (Lipinski definition) is 3. The van der Waals surface area contributed by atoms with Gasteiger partial charge in [-0.25, -0.2) is 4.90 Å². The molecule has 6 aromatic carbocycles.